The molecule has 0 amide bonds. The summed E-state index contributed by atoms with van der Waals surface area (Å²) in [6, 6.07) is 13.5. The first-order valence-electron chi connectivity index (χ1n) is 6.59. The molecule has 1 aliphatic carbocycles. The van der Waals surface area contributed by atoms with Gasteiger partial charge >= 0.3 is 5.97 Å². The molecule has 1 N–H and O–H groups in total. The highest BCUT2D eigenvalue weighted by atomic mass is 79.9. The van der Waals surface area contributed by atoms with Gasteiger partial charge in [-0.15, -0.1) is 0 Å². The van der Waals surface area contributed by atoms with Gasteiger partial charge in [-0.3, -0.25) is 0 Å². The summed E-state index contributed by atoms with van der Waals surface area (Å²) >= 11 is 3.42. The lowest BCUT2D eigenvalue weighted by Crippen LogP contribution is -2.04. The Morgan fingerprint density at radius 1 is 1.19 bits per heavy atom. The van der Waals surface area contributed by atoms with Gasteiger partial charge in [0.25, 0.3) is 0 Å². The van der Waals surface area contributed by atoms with E-state index >= 15 is 0 Å². The van der Waals surface area contributed by atoms with Crippen molar-refractivity contribution in [2.24, 2.45) is 0 Å². The minimum atomic E-state index is -0.895. The number of benzene rings is 2. The number of carbonyl (C=O) groups is 1. The molecule has 0 bridgehead atoms. The normalized spacial score (nSPS) is 12.2. The van der Waals surface area contributed by atoms with E-state index in [1.165, 1.54) is 0 Å². The highest BCUT2D eigenvalue weighted by molar-refractivity contribution is 9.10. The van der Waals surface area contributed by atoms with Crippen LogP contribution in [0.25, 0.3) is 22.2 Å². The zero-order chi connectivity index (χ0) is 14.6. The molecule has 0 unspecified atom stereocenters. The van der Waals surface area contributed by atoms with Crippen molar-refractivity contribution in [2.75, 3.05) is 0 Å². The van der Waals surface area contributed by atoms with Gasteiger partial charge in [-0.1, -0.05) is 46.3 Å². The van der Waals surface area contributed by atoms with E-state index in [9.17, 15) is 9.90 Å². The SMILES string of the molecule is O=C(O)c1c2c(nc3cc(Br)ccc13)-c1ccccc1C2. The number of halogens is 1. The van der Waals surface area contributed by atoms with Crippen LogP contribution in [0.3, 0.4) is 0 Å². The van der Waals surface area contributed by atoms with Crippen LogP contribution < -0.4 is 0 Å². The van der Waals surface area contributed by atoms with Crippen molar-refractivity contribution < 1.29 is 9.90 Å². The molecule has 1 aliphatic rings. The summed E-state index contributed by atoms with van der Waals surface area (Å²) in [5.74, 6) is -0.895. The summed E-state index contributed by atoms with van der Waals surface area (Å²) in [5, 5.41) is 10.3. The summed E-state index contributed by atoms with van der Waals surface area (Å²) in [5.41, 5.74) is 4.87. The van der Waals surface area contributed by atoms with Crippen molar-refractivity contribution in [3.8, 4) is 11.3 Å². The van der Waals surface area contributed by atoms with Crippen molar-refractivity contribution in [2.45, 2.75) is 6.42 Å². The average molecular weight is 340 g/mol. The van der Waals surface area contributed by atoms with E-state index in [0.29, 0.717) is 22.9 Å². The van der Waals surface area contributed by atoms with Crippen molar-refractivity contribution in [1.29, 1.82) is 0 Å². The number of carboxylic acid groups (broad SMARTS) is 1. The van der Waals surface area contributed by atoms with Crippen molar-refractivity contribution >= 4 is 32.8 Å². The molecule has 3 aromatic rings. The third kappa shape index (κ3) is 1.79. The predicted molar refractivity (Wildman–Crippen MR) is 84.6 cm³/mol. The van der Waals surface area contributed by atoms with Crippen molar-refractivity contribution in [1.82, 2.24) is 4.98 Å². The second kappa shape index (κ2) is 4.40. The standard InChI is InChI=1S/C17H10BrNO2/c18-10-5-6-12-14(8-10)19-16-11-4-2-1-3-9(11)7-13(16)15(12)17(20)21/h1-6,8H,7H2,(H,20,21). The molecular weight excluding hydrogens is 330 g/mol. The van der Waals surface area contributed by atoms with E-state index in [1.807, 2.05) is 42.5 Å². The number of hydrogen-bond donors (Lipinski definition) is 1. The number of fused-ring (bicyclic) bond motifs is 4. The molecule has 0 atom stereocenters. The molecule has 0 saturated heterocycles. The highest BCUT2D eigenvalue weighted by Gasteiger charge is 2.27. The zero-order valence-corrected chi connectivity index (χ0v) is 12.5. The van der Waals surface area contributed by atoms with E-state index in [-0.39, 0.29) is 0 Å². The van der Waals surface area contributed by atoms with E-state index in [4.69, 9.17) is 4.98 Å². The smallest absolute Gasteiger partial charge is 0.336 e. The minimum Gasteiger partial charge on any atom is -0.478 e. The Kier molecular flexibility index (Phi) is 2.62. The molecule has 0 aliphatic heterocycles. The Bertz CT molecular complexity index is 918. The summed E-state index contributed by atoms with van der Waals surface area (Å²) < 4.78 is 0.894. The van der Waals surface area contributed by atoms with Gasteiger partial charge in [0.15, 0.2) is 0 Å². The van der Waals surface area contributed by atoms with Crippen molar-refractivity contribution in [3.05, 3.63) is 63.6 Å². The third-order valence-corrected chi connectivity index (χ3v) is 4.40. The minimum absolute atomic E-state index is 0.374. The van der Waals surface area contributed by atoms with Gasteiger partial charge in [-0.05, 0) is 23.3 Å². The highest BCUT2D eigenvalue weighted by Crippen LogP contribution is 2.39. The monoisotopic (exact) mass is 339 g/mol. The largest absolute Gasteiger partial charge is 0.478 e. The van der Waals surface area contributed by atoms with Crippen LogP contribution in [-0.4, -0.2) is 16.1 Å². The van der Waals surface area contributed by atoms with E-state index < -0.39 is 5.97 Å². The number of hydrogen-bond acceptors (Lipinski definition) is 2. The molecule has 0 spiro atoms. The fourth-order valence-corrected chi connectivity index (χ4v) is 3.36. The predicted octanol–water partition coefficient (Wildman–Crippen LogP) is 4.27. The number of carboxylic acids is 1. The second-order valence-corrected chi connectivity index (χ2v) is 6.03. The third-order valence-electron chi connectivity index (χ3n) is 3.90. The van der Waals surface area contributed by atoms with Gasteiger partial charge < -0.3 is 5.11 Å². The Labute approximate surface area is 129 Å². The molecule has 1 aromatic heterocycles. The molecule has 2 aromatic carbocycles. The van der Waals surface area contributed by atoms with Gasteiger partial charge in [0.2, 0.25) is 0 Å². The summed E-state index contributed by atoms with van der Waals surface area (Å²) in [6.07, 6.45) is 0.631. The Morgan fingerprint density at radius 2 is 2.00 bits per heavy atom. The molecule has 102 valence electrons. The van der Waals surface area contributed by atoms with Gasteiger partial charge in [0.05, 0.1) is 16.8 Å². The first-order valence-corrected chi connectivity index (χ1v) is 7.38. The van der Waals surface area contributed by atoms with E-state index in [1.54, 1.807) is 0 Å². The number of nitrogens with zero attached hydrogens (tertiary/aromatic N) is 1. The van der Waals surface area contributed by atoms with Crippen LogP contribution in [0.5, 0.6) is 0 Å². The Hall–Kier alpha value is -2.20. The second-order valence-electron chi connectivity index (χ2n) is 5.11. The molecule has 0 saturated carbocycles. The van der Waals surface area contributed by atoms with Crippen molar-refractivity contribution in [3.63, 3.8) is 0 Å². The van der Waals surface area contributed by atoms with Gasteiger partial charge in [-0.25, -0.2) is 9.78 Å². The van der Waals surface area contributed by atoms with Gasteiger partial charge in [-0.2, -0.15) is 0 Å². The first-order chi connectivity index (χ1) is 10.1. The molecular formula is C17H10BrNO2. The molecule has 0 radical (unpaired) electrons. The molecule has 21 heavy (non-hydrogen) atoms. The first kappa shape index (κ1) is 12.5. The average Bonchev–Trinajstić information content (AvgIpc) is 2.82. The Balaban J connectivity index is 2.15. The van der Waals surface area contributed by atoms with Crippen LogP contribution in [0, 0.1) is 0 Å². The molecule has 3 nitrogen and oxygen atoms in total. The topological polar surface area (TPSA) is 50.2 Å². The van der Waals surface area contributed by atoms with Crippen LogP contribution in [0.1, 0.15) is 21.5 Å². The number of rotatable bonds is 1. The maximum Gasteiger partial charge on any atom is 0.336 e. The lowest BCUT2D eigenvalue weighted by atomic mass is 10.0. The molecule has 1 heterocycles. The summed E-state index contributed by atoms with van der Waals surface area (Å²) in [6.45, 7) is 0. The molecule has 4 rings (SSSR count). The number of pyridine rings is 1. The zero-order valence-electron chi connectivity index (χ0n) is 10.9. The maximum atomic E-state index is 11.8. The van der Waals surface area contributed by atoms with Crippen LogP contribution in [-0.2, 0) is 6.42 Å². The lowest BCUT2D eigenvalue weighted by Gasteiger charge is -2.09. The van der Waals surface area contributed by atoms with E-state index in [0.717, 1.165) is 26.9 Å². The molecule has 4 heteroatoms. The van der Waals surface area contributed by atoms with Crippen LogP contribution >= 0.6 is 15.9 Å². The van der Waals surface area contributed by atoms with Crippen LogP contribution in [0.2, 0.25) is 0 Å². The van der Waals surface area contributed by atoms with Gasteiger partial charge in [0.1, 0.15) is 0 Å². The number of aromatic carboxylic acids is 1. The number of aromatic nitrogens is 1. The maximum absolute atomic E-state index is 11.8. The van der Waals surface area contributed by atoms with Crippen LogP contribution in [0.4, 0.5) is 0 Å². The van der Waals surface area contributed by atoms with E-state index in [2.05, 4.69) is 15.9 Å². The summed E-state index contributed by atoms with van der Waals surface area (Å²) in [4.78, 5) is 16.5. The fourth-order valence-electron chi connectivity index (χ4n) is 3.01. The van der Waals surface area contributed by atoms with Gasteiger partial charge in [0, 0.05) is 21.8 Å². The fraction of sp³-hybridized carbons (Fsp3) is 0.0588. The Morgan fingerprint density at radius 3 is 2.81 bits per heavy atom. The lowest BCUT2D eigenvalue weighted by molar-refractivity contribution is 0.0698. The molecule has 0 fully saturated rings. The quantitative estimate of drug-likeness (QED) is 0.563. The summed E-state index contributed by atoms with van der Waals surface area (Å²) in [7, 11) is 0. The van der Waals surface area contributed by atoms with Crippen LogP contribution in [0.15, 0.2) is 46.9 Å².